The van der Waals surface area contributed by atoms with E-state index in [0.717, 1.165) is 12.3 Å². The summed E-state index contributed by atoms with van der Waals surface area (Å²) in [6, 6.07) is 0. The second-order valence-corrected chi connectivity index (χ2v) is 3.32. The standard InChI is InChI=1S/C7H12O2/c8-9-7-4-5-1-2-6(7)3-5/h5-8H,1-4H2. The Morgan fingerprint density at radius 2 is 2.11 bits per heavy atom. The summed E-state index contributed by atoms with van der Waals surface area (Å²) in [5.41, 5.74) is 0. The van der Waals surface area contributed by atoms with E-state index >= 15 is 0 Å². The first-order chi connectivity index (χ1) is 4.40. The van der Waals surface area contributed by atoms with Gasteiger partial charge in [-0.2, -0.15) is 0 Å². The predicted octanol–water partition coefficient (Wildman–Crippen LogP) is 1.66. The van der Waals surface area contributed by atoms with E-state index in [4.69, 9.17) is 5.26 Å². The molecule has 0 aliphatic heterocycles. The third-order valence-electron chi connectivity index (χ3n) is 2.81. The molecule has 0 aromatic rings. The molecule has 2 heteroatoms. The summed E-state index contributed by atoms with van der Waals surface area (Å²) < 4.78 is 0. The molecule has 2 aliphatic carbocycles. The second-order valence-electron chi connectivity index (χ2n) is 3.32. The second kappa shape index (κ2) is 1.96. The van der Waals surface area contributed by atoms with Crippen LogP contribution in [0.3, 0.4) is 0 Å². The first-order valence-electron chi connectivity index (χ1n) is 3.70. The van der Waals surface area contributed by atoms with Gasteiger partial charge < -0.3 is 0 Å². The average Bonchev–Trinajstić information content (AvgIpc) is 2.45. The molecule has 0 amide bonds. The number of rotatable bonds is 1. The lowest BCUT2D eigenvalue weighted by atomic mass is 9.98. The first-order valence-corrected chi connectivity index (χ1v) is 3.70. The van der Waals surface area contributed by atoms with E-state index in [2.05, 4.69) is 4.89 Å². The van der Waals surface area contributed by atoms with Gasteiger partial charge in [-0.15, -0.1) is 0 Å². The molecule has 2 bridgehead atoms. The van der Waals surface area contributed by atoms with Crippen LogP contribution in [-0.2, 0) is 4.89 Å². The topological polar surface area (TPSA) is 29.5 Å². The minimum Gasteiger partial charge on any atom is -0.252 e. The lowest BCUT2D eigenvalue weighted by Crippen LogP contribution is -2.18. The van der Waals surface area contributed by atoms with Crippen molar-refractivity contribution in [2.75, 3.05) is 0 Å². The van der Waals surface area contributed by atoms with Crippen LogP contribution < -0.4 is 0 Å². The number of fused-ring (bicyclic) bond motifs is 2. The highest BCUT2D eigenvalue weighted by molar-refractivity contribution is 4.90. The largest absolute Gasteiger partial charge is 0.252 e. The monoisotopic (exact) mass is 128 g/mol. The first kappa shape index (κ1) is 5.69. The Morgan fingerprint density at radius 3 is 2.44 bits per heavy atom. The molecule has 0 aromatic carbocycles. The van der Waals surface area contributed by atoms with Crippen molar-refractivity contribution in [2.45, 2.75) is 31.8 Å². The molecule has 2 aliphatic rings. The molecule has 3 atom stereocenters. The van der Waals surface area contributed by atoms with Crippen LogP contribution in [0.2, 0.25) is 0 Å². The lowest BCUT2D eigenvalue weighted by Gasteiger charge is -2.17. The fourth-order valence-electron chi connectivity index (χ4n) is 2.32. The highest BCUT2D eigenvalue weighted by Gasteiger charge is 2.40. The summed E-state index contributed by atoms with van der Waals surface area (Å²) in [6.07, 6.45) is 5.22. The smallest absolute Gasteiger partial charge is 0.0958 e. The Bertz CT molecular complexity index is 113. The summed E-state index contributed by atoms with van der Waals surface area (Å²) in [5.74, 6) is 1.55. The zero-order valence-corrected chi connectivity index (χ0v) is 5.42. The van der Waals surface area contributed by atoms with Crippen molar-refractivity contribution in [1.29, 1.82) is 0 Å². The van der Waals surface area contributed by atoms with E-state index in [9.17, 15) is 0 Å². The van der Waals surface area contributed by atoms with Gasteiger partial charge in [0.25, 0.3) is 0 Å². The Labute approximate surface area is 54.8 Å². The molecule has 2 fully saturated rings. The zero-order chi connectivity index (χ0) is 6.27. The van der Waals surface area contributed by atoms with Crippen LogP contribution in [0.25, 0.3) is 0 Å². The molecule has 3 unspecified atom stereocenters. The van der Waals surface area contributed by atoms with Crippen molar-refractivity contribution in [3.63, 3.8) is 0 Å². The van der Waals surface area contributed by atoms with Crippen LogP contribution in [-0.4, -0.2) is 11.4 Å². The van der Waals surface area contributed by atoms with Crippen LogP contribution in [0.1, 0.15) is 25.7 Å². The van der Waals surface area contributed by atoms with Crippen molar-refractivity contribution in [3.8, 4) is 0 Å². The van der Waals surface area contributed by atoms with Gasteiger partial charge in [-0.3, -0.25) is 5.26 Å². The van der Waals surface area contributed by atoms with Gasteiger partial charge >= 0.3 is 0 Å². The zero-order valence-electron chi connectivity index (χ0n) is 5.42. The minimum absolute atomic E-state index is 0.184. The quantitative estimate of drug-likeness (QED) is 0.430. The molecule has 9 heavy (non-hydrogen) atoms. The summed E-state index contributed by atoms with van der Waals surface area (Å²) in [7, 11) is 0. The van der Waals surface area contributed by atoms with E-state index < -0.39 is 0 Å². The van der Waals surface area contributed by atoms with E-state index in [-0.39, 0.29) is 6.10 Å². The summed E-state index contributed by atoms with van der Waals surface area (Å²) >= 11 is 0. The molecule has 52 valence electrons. The lowest BCUT2D eigenvalue weighted by molar-refractivity contribution is -0.288. The van der Waals surface area contributed by atoms with E-state index in [0.29, 0.717) is 5.92 Å². The Kier molecular flexibility index (Phi) is 1.24. The van der Waals surface area contributed by atoms with E-state index in [1.807, 2.05) is 0 Å². The van der Waals surface area contributed by atoms with Crippen molar-refractivity contribution in [2.24, 2.45) is 11.8 Å². The molecule has 0 aromatic heterocycles. The van der Waals surface area contributed by atoms with Gasteiger partial charge in [-0.1, -0.05) is 0 Å². The summed E-state index contributed by atoms with van der Waals surface area (Å²) in [6.45, 7) is 0. The van der Waals surface area contributed by atoms with Gasteiger partial charge in [0.2, 0.25) is 0 Å². The van der Waals surface area contributed by atoms with E-state index in [1.54, 1.807) is 0 Å². The van der Waals surface area contributed by atoms with Crippen LogP contribution in [0.5, 0.6) is 0 Å². The Balaban J connectivity index is 2.01. The minimum atomic E-state index is 0.184. The Hall–Kier alpha value is -0.0800. The molecule has 0 spiro atoms. The maximum atomic E-state index is 8.39. The highest BCUT2D eigenvalue weighted by atomic mass is 17.1. The van der Waals surface area contributed by atoms with Crippen LogP contribution in [0.4, 0.5) is 0 Å². The maximum absolute atomic E-state index is 8.39. The fourth-order valence-corrected chi connectivity index (χ4v) is 2.32. The van der Waals surface area contributed by atoms with Crippen molar-refractivity contribution < 1.29 is 10.1 Å². The van der Waals surface area contributed by atoms with Gasteiger partial charge in [-0.05, 0) is 37.5 Å². The molecule has 1 N–H and O–H groups in total. The maximum Gasteiger partial charge on any atom is 0.0958 e. The molecule has 2 saturated carbocycles. The van der Waals surface area contributed by atoms with Gasteiger partial charge in [-0.25, -0.2) is 4.89 Å². The van der Waals surface area contributed by atoms with Crippen LogP contribution in [0, 0.1) is 11.8 Å². The van der Waals surface area contributed by atoms with Crippen molar-refractivity contribution >= 4 is 0 Å². The van der Waals surface area contributed by atoms with Crippen LogP contribution >= 0.6 is 0 Å². The normalized spacial score (nSPS) is 48.3. The molecular weight excluding hydrogens is 116 g/mol. The van der Waals surface area contributed by atoms with Gasteiger partial charge in [0.05, 0.1) is 6.10 Å². The van der Waals surface area contributed by atoms with Gasteiger partial charge in [0, 0.05) is 0 Å². The molecular formula is C7H12O2. The molecule has 2 rings (SSSR count). The number of hydrogen-bond acceptors (Lipinski definition) is 2. The fraction of sp³-hybridized carbons (Fsp3) is 1.00. The summed E-state index contributed by atoms with van der Waals surface area (Å²) in [4.78, 5) is 4.35. The van der Waals surface area contributed by atoms with Gasteiger partial charge in [0.1, 0.15) is 0 Å². The molecule has 2 nitrogen and oxygen atoms in total. The molecule has 0 radical (unpaired) electrons. The molecule has 0 heterocycles. The third-order valence-corrected chi connectivity index (χ3v) is 2.81. The van der Waals surface area contributed by atoms with Crippen molar-refractivity contribution in [1.82, 2.24) is 0 Å². The van der Waals surface area contributed by atoms with Gasteiger partial charge in [0.15, 0.2) is 0 Å². The number of hydrogen-bond donors (Lipinski definition) is 1. The van der Waals surface area contributed by atoms with E-state index in [1.165, 1.54) is 19.3 Å². The SMILES string of the molecule is OOC1CC2CCC1C2. The highest BCUT2D eigenvalue weighted by Crippen LogP contribution is 2.45. The average molecular weight is 128 g/mol. The van der Waals surface area contributed by atoms with Crippen LogP contribution in [0.15, 0.2) is 0 Å². The molecule has 0 saturated heterocycles. The third kappa shape index (κ3) is 0.775. The van der Waals surface area contributed by atoms with Crippen molar-refractivity contribution in [3.05, 3.63) is 0 Å². The Morgan fingerprint density at radius 1 is 1.22 bits per heavy atom. The predicted molar refractivity (Wildman–Crippen MR) is 32.9 cm³/mol. The summed E-state index contributed by atoms with van der Waals surface area (Å²) in [5, 5.41) is 8.39.